The summed E-state index contributed by atoms with van der Waals surface area (Å²) < 4.78 is 1.75. The first-order chi connectivity index (χ1) is 10.5. The molecule has 0 aliphatic carbocycles. The molecule has 4 nitrogen and oxygen atoms in total. The van der Waals surface area contributed by atoms with E-state index in [0.717, 1.165) is 25.1 Å². The first-order valence-electron chi connectivity index (χ1n) is 6.48. The lowest BCUT2D eigenvalue weighted by Crippen LogP contribution is -2.22. The summed E-state index contributed by atoms with van der Waals surface area (Å²) in [6.45, 7) is 0. The number of fused-ring (bicyclic) bond motifs is 2. The van der Waals surface area contributed by atoms with Gasteiger partial charge in [0.1, 0.15) is 0 Å². The predicted molar refractivity (Wildman–Crippen MR) is 90.1 cm³/mol. The van der Waals surface area contributed by atoms with Crippen LogP contribution >= 0.6 is 31.9 Å². The summed E-state index contributed by atoms with van der Waals surface area (Å²) in [6, 6.07) is 11.1. The first kappa shape index (κ1) is 13.7. The lowest BCUT2D eigenvalue weighted by atomic mass is 10.0. The highest BCUT2D eigenvalue weighted by Crippen LogP contribution is 2.34. The molecule has 1 aliphatic rings. The molecule has 1 amide bonds. The van der Waals surface area contributed by atoms with Crippen molar-refractivity contribution in [2.75, 3.05) is 0 Å². The standard InChI is InChI=1S/C16H8Br2N2O2/c17-7-1-3-9-11(5-7)19-15(21)13(9)14-10-4-2-8(18)6-12(10)20-16(14)22/h1-6,19,21H. The lowest BCUT2D eigenvalue weighted by Gasteiger charge is -2.00. The smallest absolute Gasteiger partial charge is 0.279 e. The summed E-state index contributed by atoms with van der Waals surface area (Å²) in [5.74, 6) is -0.366. The van der Waals surface area contributed by atoms with Gasteiger partial charge in [0.15, 0.2) is 5.88 Å². The first-order valence-corrected chi connectivity index (χ1v) is 8.06. The summed E-state index contributed by atoms with van der Waals surface area (Å²) in [6.07, 6.45) is 0. The fourth-order valence-electron chi connectivity index (χ4n) is 2.74. The van der Waals surface area contributed by atoms with Crippen LogP contribution in [0.3, 0.4) is 0 Å². The Bertz CT molecular complexity index is 1080. The van der Waals surface area contributed by atoms with E-state index in [1.807, 2.05) is 30.3 Å². The van der Waals surface area contributed by atoms with Gasteiger partial charge >= 0.3 is 0 Å². The summed E-state index contributed by atoms with van der Waals surface area (Å²) >= 11 is 6.77. The van der Waals surface area contributed by atoms with Gasteiger partial charge in [-0.25, -0.2) is 4.99 Å². The normalized spacial score (nSPS) is 13.5. The predicted octanol–water partition coefficient (Wildman–Crippen LogP) is 2.76. The second-order valence-electron chi connectivity index (χ2n) is 4.99. The highest BCUT2D eigenvalue weighted by atomic mass is 79.9. The summed E-state index contributed by atoms with van der Waals surface area (Å²) in [5.41, 5.74) is 1.68. The molecule has 6 heteroatoms. The molecule has 3 aromatic rings. The van der Waals surface area contributed by atoms with E-state index in [1.165, 1.54) is 0 Å². The minimum Gasteiger partial charge on any atom is -0.494 e. The van der Waals surface area contributed by atoms with Crippen molar-refractivity contribution in [3.05, 3.63) is 61.5 Å². The van der Waals surface area contributed by atoms with Crippen LogP contribution in [0.15, 0.2) is 50.3 Å². The molecule has 2 heterocycles. The van der Waals surface area contributed by atoms with Crippen molar-refractivity contribution >= 4 is 54.2 Å². The molecule has 0 unspecified atom stereocenters. The maximum atomic E-state index is 12.4. The third-order valence-electron chi connectivity index (χ3n) is 3.66. The zero-order valence-electron chi connectivity index (χ0n) is 11.0. The van der Waals surface area contributed by atoms with E-state index >= 15 is 0 Å². The zero-order valence-corrected chi connectivity index (χ0v) is 14.2. The van der Waals surface area contributed by atoms with Crippen LogP contribution in [0, 0.1) is 0 Å². The number of nitrogens with zero attached hydrogens (tertiary/aromatic N) is 1. The number of aromatic nitrogens is 1. The van der Waals surface area contributed by atoms with Gasteiger partial charge < -0.3 is 10.1 Å². The van der Waals surface area contributed by atoms with E-state index in [0.29, 0.717) is 16.5 Å². The van der Waals surface area contributed by atoms with Crippen LogP contribution in [0.5, 0.6) is 5.88 Å². The molecule has 1 aromatic heterocycles. The Morgan fingerprint density at radius 1 is 1.05 bits per heavy atom. The molecule has 0 atom stereocenters. The van der Waals surface area contributed by atoms with Crippen molar-refractivity contribution < 1.29 is 9.90 Å². The van der Waals surface area contributed by atoms with Crippen LogP contribution in [0.4, 0.5) is 0 Å². The van der Waals surface area contributed by atoms with Crippen molar-refractivity contribution in [2.45, 2.75) is 0 Å². The number of hydrogen-bond donors (Lipinski definition) is 2. The van der Waals surface area contributed by atoms with Gasteiger partial charge in [0.2, 0.25) is 0 Å². The maximum absolute atomic E-state index is 12.4. The molecule has 2 aromatic carbocycles. The van der Waals surface area contributed by atoms with Crippen molar-refractivity contribution in [1.82, 2.24) is 4.98 Å². The molecule has 108 valence electrons. The van der Waals surface area contributed by atoms with Gasteiger partial charge in [-0.05, 0) is 24.3 Å². The quantitative estimate of drug-likeness (QED) is 0.636. The number of carbonyl (C=O) groups is 1. The van der Waals surface area contributed by atoms with Gasteiger partial charge in [0.05, 0.1) is 22.0 Å². The number of amides is 1. The molecule has 0 saturated carbocycles. The van der Waals surface area contributed by atoms with Crippen LogP contribution in [0.25, 0.3) is 16.5 Å². The molecular weight excluding hydrogens is 412 g/mol. The molecule has 0 radical (unpaired) electrons. The second-order valence-corrected chi connectivity index (χ2v) is 6.82. The van der Waals surface area contributed by atoms with E-state index in [4.69, 9.17) is 0 Å². The second kappa shape index (κ2) is 4.79. The molecule has 0 bridgehead atoms. The Balaban J connectivity index is 2.14. The number of halogens is 2. The maximum Gasteiger partial charge on any atom is 0.279 e. The number of benzene rings is 2. The average Bonchev–Trinajstić information content (AvgIpc) is 2.93. The Kier molecular flexibility index (Phi) is 2.99. The number of carbonyl (C=O) groups excluding carboxylic acids is 1. The third kappa shape index (κ3) is 1.94. The van der Waals surface area contributed by atoms with Crippen LogP contribution in [-0.2, 0) is 4.79 Å². The van der Waals surface area contributed by atoms with Gasteiger partial charge in [-0.2, -0.15) is 0 Å². The van der Waals surface area contributed by atoms with Crippen molar-refractivity contribution in [1.29, 1.82) is 0 Å². The highest BCUT2D eigenvalue weighted by Gasteiger charge is 2.24. The van der Waals surface area contributed by atoms with Crippen LogP contribution in [0.2, 0.25) is 0 Å². The fraction of sp³-hybridized carbons (Fsp3) is 0. The molecule has 0 fully saturated rings. The molecule has 2 N–H and O–H groups in total. The minimum atomic E-state index is -0.341. The SMILES string of the molecule is O=C1N=c2cc(Br)ccc2=C1c1c(O)[nH]c2cc(Br)ccc12. The number of aromatic amines is 1. The number of nitrogens with one attached hydrogen (secondary N) is 1. The summed E-state index contributed by atoms with van der Waals surface area (Å²) in [5, 5.41) is 12.4. The Morgan fingerprint density at radius 3 is 2.59 bits per heavy atom. The monoisotopic (exact) mass is 418 g/mol. The Morgan fingerprint density at radius 2 is 1.77 bits per heavy atom. The molecule has 4 rings (SSSR count). The highest BCUT2D eigenvalue weighted by molar-refractivity contribution is 9.10. The number of hydrogen-bond acceptors (Lipinski definition) is 2. The Hall–Kier alpha value is -1.92. The largest absolute Gasteiger partial charge is 0.494 e. The molecule has 22 heavy (non-hydrogen) atoms. The molecular formula is C16H8Br2N2O2. The van der Waals surface area contributed by atoms with Crippen LogP contribution in [0.1, 0.15) is 5.56 Å². The van der Waals surface area contributed by atoms with E-state index in [2.05, 4.69) is 41.8 Å². The van der Waals surface area contributed by atoms with Crippen LogP contribution in [-0.4, -0.2) is 16.0 Å². The van der Waals surface area contributed by atoms with E-state index in [-0.39, 0.29) is 11.8 Å². The summed E-state index contributed by atoms with van der Waals surface area (Å²) in [7, 11) is 0. The van der Waals surface area contributed by atoms with Crippen LogP contribution < -0.4 is 10.6 Å². The topological polar surface area (TPSA) is 65.4 Å². The molecule has 0 saturated heterocycles. The van der Waals surface area contributed by atoms with Gasteiger partial charge in [-0.1, -0.05) is 44.0 Å². The minimum absolute atomic E-state index is 0.0255. The molecule has 1 aliphatic heterocycles. The number of aromatic hydroxyl groups is 1. The summed E-state index contributed by atoms with van der Waals surface area (Å²) in [4.78, 5) is 19.3. The van der Waals surface area contributed by atoms with Gasteiger partial charge in [0, 0.05) is 19.6 Å². The lowest BCUT2D eigenvalue weighted by molar-refractivity contribution is -0.112. The van der Waals surface area contributed by atoms with E-state index in [1.54, 1.807) is 6.07 Å². The third-order valence-corrected chi connectivity index (χ3v) is 4.64. The van der Waals surface area contributed by atoms with E-state index in [9.17, 15) is 9.90 Å². The van der Waals surface area contributed by atoms with Gasteiger partial charge in [0.25, 0.3) is 5.91 Å². The van der Waals surface area contributed by atoms with Crippen molar-refractivity contribution in [2.24, 2.45) is 4.99 Å². The fourth-order valence-corrected chi connectivity index (χ4v) is 3.45. The zero-order chi connectivity index (χ0) is 15.4. The van der Waals surface area contributed by atoms with Crippen molar-refractivity contribution in [3.8, 4) is 5.88 Å². The van der Waals surface area contributed by atoms with Gasteiger partial charge in [-0.3, -0.25) is 4.79 Å². The van der Waals surface area contributed by atoms with E-state index < -0.39 is 0 Å². The number of rotatable bonds is 1. The Labute approximate surface area is 141 Å². The molecule has 0 spiro atoms. The number of H-pyrrole nitrogens is 1. The van der Waals surface area contributed by atoms with Gasteiger partial charge in [-0.15, -0.1) is 0 Å². The van der Waals surface area contributed by atoms with Crippen molar-refractivity contribution in [3.63, 3.8) is 0 Å². The average molecular weight is 420 g/mol.